The molecular formula is C16H27NO5. The van der Waals surface area contributed by atoms with Gasteiger partial charge in [-0.05, 0) is 38.5 Å². The average Bonchev–Trinajstić information content (AvgIpc) is 2.65. The number of hydrogen-bond acceptors (Lipinski definition) is 5. The van der Waals surface area contributed by atoms with Gasteiger partial charge in [-0.2, -0.15) is 0 Å². The molecule has 0 aromatic rings. The molecule has 3 N–H and O–H groups in total. The zero-order valence-electron chi connectivity index (χ0n) is 13.5. The van der Waals surface area contributed by atoms with Crippen LogP contribution in [0.2, 0.25) is 0 Å². The van der Waals surface area contributed by atoms with Crippen molar-refractivity contribution in [2.75, 3.05) is 6.61 Å². The van der Waals surface area contributed by atoms with Crippen LogP contribution < -0.4 is 5.32 Å². The molecule has 1 aliphatic rings. The lowest BCUT2D eigenvalue weighted by atomic mass is 9.78. The Morgan fingerprint density at radius 1 is 1.45 bits per heavy atom. The van der Waals surface area contributed by atoms with Crippen molar-refractivity contribution in [2.45, 2.75) is 57.8 Å². The minimum Gasteiger partial charge on any atom is -0.432 e. The molecule has 0 saturated carbocycles. The van der Waals surface area contributed by atoms with Gasteiger partial charge in [0.2, 0.25) is 11.7 Å². The molecule has 1 amide bonds. The quantitative estimate of drug-likeness (QED) is 0.337. The van der Waals surface area contributed by atoms with Crippen LogP contribution in [0, 0.1) is 11.8 Å². The van der Waals surface area contributed by atoms with Gasteiger partial charge in [-0.1, -0.05) is 26.0 Å². The molecule has 1 fully saturated rings. The van der Waals surface area contributed by atoms with E-state index in [1.807, 2.05) is 19.9 Å². The van der Waals surface area contributed by atoms with Crippen LogP contribution in [0.4, 0.5) is 0 Å². The smallest absolute Gasteiger partial charge is 0.295 e. The Balaban J connectivity index is 3.09. The normalized spacial score (nSPS) is 33.0. The summed E-state index contributed by atoms with van der Waals surface area (Å²) >= 11 is 0. The fraction of sp³-hybridized carbons (Fsp3) is 0.750. The highest BCUT2D eigenvalue weighted by Crippen LogP contribution is 2.43. The zero-order valence-corrected chi connectivity index (χ0v) is 13.5. The molecule has 2 unspecified atom stereocenters. The molecule has 6 heteroatoms. The Kier molecular flexibility index (Phi) is 6.56. The van der Waals surface area contributed by atoms with E-state index in [9.17, 15) is 14.7 Å². The topological polar surface area (TPSA) is 95.9 Å². The molecule has 22 heavy (non-hydrogen) atoms. The lowest BCUT2D eigenvalue weighted by Crippen LogP contribution is -2.58. The van der Waals surface area contributed by atoms with Gasteiger partial charge in [-0.15, -0.1) is 0 Å². The van der Waals surface area contributed by atoms with E-state index in [0.29, 0.717) is 6.42 Å². The summed E-state index contributed by atoms with van der Waals surface area (Å²) in [6, 6.07) is 0. The molecule has 0 radical (unpaired) electrons. The number of allylic oxidation sites excluding steroid dienone is 2. The van der Waals surface area contributed by atoms with Gasteiger partial charge in [0.25, 0.3) is 6.47 Å². The monoisotopic (exact) mass is 313 g/mol. The first-order valence-electron chi connectivity index (χ1n) is 7.81. The number of aliphatic hydroxyl groups is 2. The van der Waals surface area contributed by atoms with Crippen LogP contribution in [-0.4, -0.2) is 40.5 Å². The summed E-state index contributed by atoms with van der Waals surface area (Å²) in [5.74, 6) is -3.20. The van der Waals surface area contributed by atoms with E-state index in [0.717, 1.165) is 12.8 Å². The van der Waals surface area contributed by atoms with Gasteiger partial charge < -0.3 is 20.3 Å². The first-order chi connectivity index (χ1) is 10.4. The van der Waals surface area contributed by atoms with Crippen LogP contribution in [-0.2, 0) is 14.3 Å². The van der Waals surface area contributed by atoms with E-state index in [1.165, 1.54) is 0 Å². The number of nitrogens with one attached hydrogen (secondary N) is 1. The SMILES string of the molecule is CC/C=C\C(CC)CC1(C)NC(=O)[C@H](CCO)[C@@]1(O)OC=O. The third kappa shape index (κ3) is 3.50. The van der Waals surface area contributed by atoms with Crippen LogP contribution in [0.25, 0.3) is 0 Å². The molecule has 0 aromatic heterocycles. The third-order valence-electron chi connectivity index (χ3n) is 4.46. The summed E-state index contributed by atoms with van der Waals surface area (Å²) in [4.78, 5) is 23.0. The van der Waals surface area contributed by atoms with Gasteiger partial charge in [0.05, 0.1) is 0 Å². The fourth-order valence-electron chi connectivity index (χ4n) is 3.15. The first kappa shape index (κ1) is 18.6. The molecule has 126 valence electrons. The minimum absolute atomic E-state index is 0.0351. The largest absolute Gasteiger partial charge is 0.432 e. The molecule has 1 rings (SSSR count). The fourth-order valence-corrected chi connectivity index (χ4v) is 3.15. The summed E-state index contributed by atoms with van der Waals surface area (Å²) in [6.07, 6.45) is 6.31. The molecule has 0 spiro atoms. The van der Waals surface area contributed by atoms with Crippen molar-refractivity contribution in [3.8, 4) is 0 Å². The molecule has 4 atom stereocenters. The molecule has 6 nitrogen and oxygen atoms in total. The van der Waals surface area contributed by atoms with Gasteiger partial charge in [0.15, 0.2) is 0 Å². The number of aliphatic hydroxyl groups excluding tert-OH is 1. The summed E-state index contributed by atoms with van der Waals surface area (Å²) in [7, 11) is 0. The van der Waals surface area contributed by atoms with Crippen molar-refractivity contribution in [2.24, 2.45) is 11.8 Å². The Labute approximate surface area is 131 Å². The highest BCUT2D eigenvalue weighted by Gasteiger charge is 2.63. The van der Waals surface area contributed by atoms with Crippen LogP contribution in [0.15, 0.2) is 12.2 Å². The highest BCUT2D eigenvalue weighted by atomic mass is 16.6. The summed E-state index contributed by atoms with van der Waals surface area (Å²) in [5, 5.41) is 22.7. The second-order valence-corrected chi connectivity index (χ2v) is 6.01. The Morgan fingerprint density at radius 3 is 2.64 bits per heavy atom. The standard InChI is InChI=1S/C16H27NO5/c1-4-6-7-12(5-2)10-15(3)16(21,22-11-19)13(8-9-18)14(20)17-15/h6-7,11-13,18,21H,4-5,8-10H2,1-3H3,(H,17,20)/b7-6-/t12?,13-,15?,16+/m0/s1. The van der Waals surface area contributed by atoms with Gasteiger partial charge in [0.1, 0.15) is 11.5 Å². The summed E-state index contributed by atoms with van der Waals surface area (Å²) in [5.41, 5.74) is -1.09. The number of amides is 1. The third-order valence-corrected chi connectivity index (χ3v) is 4.46. The lowest BCUT2D eigenvalue weighted by molar-refractivity contribution is -0.239. The van der Waals surface area contributed by atoms with Crippen LogP contribution >= 0.6 is 0 Å². The van der Waals surface area contributed by atoms with Crippen molar-refractivity contribution in [1.82, 2.24) is 5.32 Å². The number of ether oxygens (including phenoxy) is 1. The van der Waals surface area contributed by atoms with Crippen molar-refractivity contribution < 1.29 is 24.5 Å². The first-order valence-corrected chi connectivity index (χ1v) is 7.81. The van der Waals surface area contributed by atoms with Crippen LogP contribution in [0.1, 0.15) is 46.5 Å². The predicted molar refractivity (Wildman–Crippen MR) is 81.7 cm³/mol. The summed E-state index contributed by atoms with van der Waals surface area (Å²) in [6.45, 7) is 5.62. The molecule has 1 aliphatic heterocycles. The molecule has 1 heterocycles. The number of carbonyl (C=O) groups excluding carboxylic acids is 2. The van der Waals surface area contributed by atoms with Crippen LogP contribution in [0.5, 0.6) is 0 Å². The Morgan fingerprint density at radius 2 is 2.14 bits per heavy atom. The van der Waals surface area contributed by atoms with Crippen molar-refractivity contribution in [3.05, 3.63) is 12.2 Å². The number of rotatable bonds is 9. The maximum Gasteiger partial charge on any atom is 0.295 e. The predicted octanol–water partition coefficient (Wildman–Crippen LogP) is 1.12. The Bertz CT molecular complexity index is 425. The average molecular weight is 313 g/mol. The van der Waals surface area contributed by atoms with Crippen molar-refractivity contribution in [3.63, 3.8) is 0 Å². The van der Waals surface area contributed by atoms with Crippen LogP contribution in [0.3, 0.4) is 0 Å². The maximum atomic E-state index is 12.2. The molecule has 1 saturated heterocycles. The molecule has 0 bridgehead atoms. The zero-order chi connectivity index (χ0) is 16.8. The van der Waals surface area contributed by atoms with Crippen molar-refractivity contribution in [1.29, 1.82) is 0 Å². The van der Waals surface area contributed by atoms with E-state index in [4.69, 9.17) is 9.84 Å². The van der Waals surface area contributed by atoms with E-state index >= 15 is 0 Å². The number of hydrogen-bond donors (Lipinski definition) is 3. The van der Waals surface area contributed by atoms with E-state index < -0.39 is 23.2 Å². The highest BCUT2D eigenvalue weighted by molar-refractivity contribution is 5.84. The maximum absolute atomic E-state index is 12.2. The van der Waals surface area contributed by atoms with Gasteiger partial charge in [0, 0.05) is 6.61 Å². The van der Waals surface area contributed by atoms with Gasteiger partial charge in [-0.25, -0.2) is 0 Å². The van der Waals surface area contributed by atoms with Gasteiger partial charge >= 0.3 is 0 Å². The minimum atomic E-state index is -1.96. The lowest BCUT2D eigenvalue weighted by Gasteiger charge is -2.40. The van der Waals surface area contributed by atoms with E-state index in [1.54, 1.807) is 6.92 Å². The van der Waals surface area contributed by atoms with E-state index in [2.05, 4.69) is 11.4 Å². The number of carbonyl (C=O) groups is 2. The molecule has 0 aromatic carbocycles. The Hall–Kier alpha value is -1.40. The molecule has 0 aliphatic carbocycles. The second kappa shape index (κ2) is 7.74. The second-order valence-electron chi connectivity index (χ2n) is 6.01. The van der Waals surface area contributed by atoms with Gasteiger partial charge in [-0.3, -0.25) is 9.59 Å². The van der Waals surface area contributed by atoms with E-state index in [-0.39, 0.29) is 25.4 Å². The van der Waals surface area contributed by atoms with Crippen molar-refractivity contribution >= 4 is 12.4 Å². The molecular weight excluding hydrogens is 286 g/mol. The summed E-state index contributed by atoms with van der Waals surface area (Å²) < 4.78 is 4.95.